The van der Waals surface area contributed by atoms with Crippen LogP contribution >= 0.6 is 11.6 Å². The summed E-state index contributed by atoms with van der Waals surface area (Å²) in [7, 11) is 0. The number of aryl methyl sites for hydroxylation is 1. The lowest BCUT2D eigenvalue weighted by Gasteiger charge is -2.10. The Morgan fingerprint density at radius 1 is 1.24 bits per heavy atom. The van der Waals surface area contributed by atoms with Crippen LogP contribution in [0.3, 0.4) is 0 Å². The van der Waals surface area contributed by atoms with Crippen LogP contribution in [0.4, 0.5) is 5.82 Å². The van der Waals surface area contributed by atoms with Crippen LogP contribution in [-0.4, -0.2) is 29.7 Å². The molecule has 1 heterocycles. The van der Waals surface area contributed by atoms with Crippen molar-refractivity contribution in [2.24, 2.45) is 0 Å². The van der Waals surface area contributed by atoms with Gasteiger partial charge in [-0.2, -0.15) is 0 Å². The third-order valence-electron chi connectivity index (χ3n) is 2.30. The van der Waals surface area contributed by atoms with E-state index in [-0.39, 0.29) is 0 Å². The average Bonchev–Trinajstić information content (AvgIpc) is 2.29. The van der Waals surface area contributed by atoms with Gasteiger partial charge in [-0.3, -0.25) is 0 Å². The van der Waals surface area contributed by atoms with Crippen molar-refractivity contribution < 1.29 is 4.74 Å². The summed E-state index contributed by atoms with van der Waals surface area (Å²) in [6, 6.07) is 0. The minimum atomic E-state index is 0.516. The molecule has 0 aliphatic carbocycles. The zero-order valence-corrected chi connectivity index (χ0v) is 11.5. The van der Waals surface area contributed by atoms with Gasteiger partial charge in [-0.25, -0.2) is 9.97 Å². The molecule has 0 aliphatic heterocycles. The van der Waals surface area contributed by atoms with Crippen molar-refractivity contribution in [1.82, 2.24) is 9.97 Å². The summed E-state index contributed by atoms with van der Waals surface area (Å²) >= 11 is 5.98. The summed E-state index contributed by atoms with van der Waals surface area (Å²) in [6.45, 7) is 8.29. The Bertz CT molecular complexity index is 358. The topological polar surface area (TPSA) is 47.0 Å². The number of hydrogen-bond acceptors (Lipinski definition) is 4. The average molecular weight is 258 g/mol. The molecule has 0 fully saturated rings. The standard InChI is InChI=1S/C12H20ClN3O/c1-4-7-17-8-5-6-14-12-9(2)11(13)15-10(3)16-12/h4-8H2,1-3H3,(H,14,15,16). The predicted octanol–water partition coefficient (Wildman–Crippen LogP) is 2.98. The van der Waals surface area contributed by atoms with E-state index in [2.05, 4.69) is 22.2 Å². The number of anilines is 1. The molecule has 0 radical (unpaired) electrons. The summed E-state index contributed by atoms with van der Waals surface area (Å²) in [6.07, 6.45) is 2.02. The molecule has 17 heavy (non-hydrogen) atoms. The molecule has 0 saturated carbocycles. The Hall–Kier alpha value is -0.870. The largest absolute Gasteiger partial charge is 0.381 e. The second-order valence-electron chi connectivity index (χ2n) is 3.93. The summed E-state index contributed by atoms with van der Waals surface area (Å²) in [5, 5.41) is 3.77. The number of ether oxygens (including phenoxy) is 1. The zero-order valence-electron chi connectivity index (χ0n) is 10.7. The Balaban J connectivity index is 2.36. The highest BCUT2D eigenvalue weighted by molar-refractivity contribution is 6.30. The first kappa shape index (κ1) is 14.2. The third kappa shape index (κ3) is 4.88. The van der Waals surface area contributed by atoms with Gasteiger partial charge in [-0.15, -0.1) is 0 Å². The van der Waals surface area contributed by atoms with Crippen LogP contribution in [0.2, 0.25) is 5.15 Å². The monoisotopic (exact) mass is 257 g/mol. The number of hydrogen-bond donors (Lipinski definition) is 1. The number of halogens is 1. The van der Waals surface area contributed by atoms with Crippen LogP contribution in [0, 0.1) is 13.8 Å². The van der Waals surface area contributed by atoms with E-state index in [0.717, 1.165) is 44.0 Å². The predicted molar refractivity (Wildman–Crippen MR) is 70.7 cm³/mol. The fraction of sp³-hybridized carbons (Fsp3) is 0.667. The first-order chi connectivity index (χ1) is 8.15. The summed E-state index contributed by atoms with van der Waals surface area (Å²) in [4.78, 5) is 8.41. The van der Waals surface area contributed by atoms with Crippen LogP contribution < -0.4 is 5.32 Å². The van der Waals surface area contributed by atoms with Crippen molar-refractivity contribution in [2.75, 3.05) is 25.1 Å². The second kappa shape index (κ2) is 7.45. The van der Waals surface area contributed by atoms with Crippen molar-refractivity contribution in [2.45, 2.75) is 33.6 Å². The van der Waals surface area contributed by atoms with E-state index in [9.17, 15) is 0 Å². The molecule has 1 aromatic rings. The number of nitrogens with one attached hydrogen (secondary N) is 1. The van der Waals surface area contributed by atoms with Gasteiger partial charge >= 0.3 is 0 Å². The molecule has 0 amide bonds. The third-order valence-corrected chi connectivity index (χ3v) is 2.67. The van der Waals surface area contributed by atoms with Gasteiger partial charge in [0.15, 0.2) is 0 Å². The lowest BCUT2D eigenvalue weighted by Crippen LogP contribution is -2.09. The number of aromatic nitrogens is 2. The summed E-state index contributed by atoms with van der Waals surface area (Å²) in [5.74, 6) is 1.50. The zero-order chi connectivity index (χ0) is 12.7. The molecule has 1 aromatic heterocycles. The van der Waals surface area contributed by atoms with E-state index < -0.39 is 0 Å². The molecule has 1 rings (SSSR count). The Labute approximate surface area is 108 Å². The maximum Gasteiger partial charge on any atom is 0.137 e. The summed E-state index contributed by atoms with van der Waals surface area (Å²) < 4.78 is 5.40. The SMILES string of the molecule is CCCOCCCNc1nc(C)nc(Cl)c1C. The van der Waals surface area contributed by atoms with Gasteiger partial charge in [0.1, 0.15) is 16.8 Å². The molecule has 96 valence electrons. The summed E-state index contributed by atoms with van der Waals surface area (Å²) in [5.41, 5.74) is 0.895. The molecule has 0 bridgehead atoms. The van der Waals surface area contributed by atoms with E-state index in [1.165, 1.54) is 0 Å². The van der Waals surface area contributed by atoms with Crippen molar-refractivity contribution >= 4 is 17.4 Å². The van der Waals surface area contributed by atoms with Crippen molar-refractivity contribution in [3.8, 4) is 0 Å². The number of nitrogens with zero attached hydrogens (tertiary/aromatic N) is 2. The van der Waals surface area contributed by atoms with Gasteiger partial charge in [-0.1, -0.05) is 18.5 Å². The lowest BCUT2D eigenvalue weighted by molar-refractivity contribution is 0.134. The minimum absolute atomic E-state index is 0.516. The fourth-order valence-electron chi connectivity index (χ4n) is 1.39. The Morgan fingerprint density at radius 3 is 2.71 bits per heavy atom. The first-order valence-electron chi connectivity index (χ1n) is 5.97. The maximum atomic E-state index is 5.98. The van der Waals surface area contributed by atoms with E-state index in [1.807, 2.05) is 13.8 Å². The van der Waals surface area contributed by atoms with Crippen LogP contribution in [0.15, 0.2) is 0 Å². The quantitative estimate of drug-likeness (QED) is 0.603. The first-order valence-corrected chi connectivity index (χ1v) is 6.35. The van der Waals surface area contributed by atoms with Gasteiger partial charge in [0.05, 0.1) is 0 Å². The Kier molecular flexibility index (Phi) is 6.22. The van der Waals surface area contributed by atoms with Crippen LogP contribution in [0.5, 0.6) is 0 Å². The molecule has 4 nitrogen and oxygen atoms in total. The molecule has 0 unspecified atom stereocenters. The molecule has 0 saturated heterocycles. The lowest BCUT2D eigenvalue weighted by atomic mass is 10.3. The second-order valence-corrected chi connectivity index (χ2v) is 4.29. The smallest absolute Gasteiger partial charge is 0.137 e. The maximum absolute atomic E-state index is 5.98. The van der Waals surface area contributed by atoms with Crippen LogP contribution in [0.25, 0.3) is 0 Å². The van der Waals surface area contributed by atoms with E-state index in [1.54, 1.807) is 0 Å². The Morgan fingerprint density at radius 2 is 2.00 bits per heavy atom. The van der Waals surface area contributed by atoms with Gasteiger partial charge in [0, 0.05) is 25.3 Å². The minimum Gasteiger partial charge on any atom is -0.381 e. The van der Waals surface area contributed by atoms with Crippen molar-refractivity contribution in [3.05, 3.63) is 16.5 Å². The van der Waals surface area contributed by atoms with Gasteiger partial charge in [0.2, 0.25) is 0 Å². The highest BCUT2D eigenvalue weighted by Gasteiger charge is 2.06. The molecule has 0 spiro atoms. The van der Waals surface area contributed by atoms with E-state index in [0.29, 0.717) is 11.0 Å². The highest BCUT2D eigenvalue weighted by Crippen LogP contribution is 2.19. The fourth-order valence-corrected chi connectivity index (χ4v) is 1.61. The van der Waals surface area contributed by atoms with E-state index >= 15 is 0 Å². The normalized spacial score (nSPS) is 10.6. The van der Waals surface area contributed by atoms with Crippen molar-refractivity contribution in [3.63, 3.8) is 0 Å². The van der Waals surface area contributed by atoms with Gasteiger partial charge < -0.3 is 10.1 Å². The molecular weight excluding hydrogens is 238 g/mol. The highest BCUT2D eigenvalue weighted by atomic mass is 35.5. The van der Waals surface area contributed by atoms with E-state index in [4.69, 9.17) is 16.3 Å². The number of rotatable bonds is 7. The van der Waals surface area contributed by atoms with Gasteiger partial charge in [-0.05, 0) is 26.7 Å². The van der Waals surface area contributed by atoms with Crippen LogP contribution in [0.1, 0.15) is 31.2 Å². The molecule has 1 N–H and O–H groups in total. The van der Waals surface area contributed by atoms with Crippen LogP contribution in [-0.2, 0) is 4.74 Å². The van der Waals surface area contributed by atoms with Crippen molar-refractivity contribution in [1.29, 1.82) is 0 Å². The molecule has 0 aliphatic rings. The molecule has 5 heteroatoms. The molecule has 0 atom stereocenters. The molecular formula is C12H20ClN3O. The van der Waals surface area contributed by atoms with Gasteiger partial charge in [0.25, 0.3) is 0 Å². The molecule has 0 aromatic carbocycles.